The monoisotopic (exact) mass is 323 g/mol. The molecule has 0 bridgehead atoms. The highest BCUT2D eigenvalue weighted by atomic mass is 14.8. The highest BCUT2D eigenvalue weighted by molar-refractivity contribution is 6.18. The predicted molar refractivity (Wildman–Crippen MR) is 113 cm³/mol. The van der Waals surface area contributed by atoms with E-state index < -0.39 is 0 Å². The van der Waals surface area contributed by atoms with Crippen molar-refractivity contribution in [3.05, 3.63) is 87.2 Å². The van der Waals surface area contributed by atoms with Crippen LogP contribution in [0.2, 0.25) is 0 Å². The standard InChI is InChI=1S/C24H21N/c1-13-9-10-14(2)23(17(13)5)25-24-19(7)18(6)21-11-15(3)16(4)12-22(21)20(24)8/h9-12H,1-6,8H2,7H3. The first-order valence-electron chi connectivity index (χ1n) is 7.99. The average molecular weight is 323 g/mol. The van der Waals surface area contributed by atoms with Gasteiger partial charge in [0, 0.05) is 10.8 Å². The Hall–Kier alpha value is -3.19. The molecule has 0 N–H and O–H groups in total. The number of nitrogens with zero attached hydrogens (tertiary/aromatic N) is 1. The van der Waals surface area contributed by atoms with Crippen LogP contribution in [0.5, 0.6) is 0 Å². The molecule has 0 unspecified atom stereocenters. The quantitative estimate of drug-likeness (QED) is 0.765. The van der Waals surface area contributed by atoms with Gasteiger partial charge in [0.05, 0.1) is 11.4 Å². The minimum Gasteiger partial charge on any atom is -0.247 e. The van der Waals surface area contributed by atoms with Crippen LogP contribution in [0.3, 0.4) is 0 Å². The minimum absolute atomic E-state index is 0.739. The molecule has 122 valence electrons. The van der Waals surface area contributed by atoms with Gasteiger partial charge in [-0.05, 0) is 62.2 Å². The SMILES string of the molecule is C=C1C=CC(=C)C(=Nc2c(C)c(=C)c3cc(=C)c(=C)cc3c2=C)C1=C. The van der Waals surface area contributed by atoms with Crippen LogP contribution in [0, 0.1) is 6.92 Å². The fourth-order valence-corrected chi connectivity index (χ4v) is 3.02. The first kappa shape index (κ1) is 16.7. The summed E-state index contributed by atoms with van der Waals surface area (Å²) in [5, 5.41) is 5.57. The fourth-order valence-electron chi connectivity index (χ4n) is 3.02. The number of fused-ring (bicyclic) bond motifs is 1. The Bertz CT molecular complexity index is 1250. The van der Waals surface area contributed by atoms with Gasteiger partial charge >= 0.3 is 0 Å². The zero-order valence-corrected chi connectivity index (χ0v) is 14.7. The fraction of sp³-hybridized carbons (Fsp3) is 0.0417. The average Bonchev–Trinajstić information content (AvgIpc) is 2.57. The van der Waals surface area contributed by atoms with E-state index in [-0.39, 0.29) is 0 Å². The maximum atomic E-state index is 4.86. The molecule has 0 saturated heterocycles. The van der Waals surface area contributed by atoms with Gasteiger partial charge in [-0.1, -0.05) is 58.2 Å². The molecule has 0 spiro atoms. The molecule has 2 aromatic rings. The Morgan fingerprint density at radius 2 is 1.24 bits per heavy atom. The molecule has 25 heavy (non-hydrogen) atoms. The van der Waals surface area contributed by atoms with Crippen LogP contribution in [0.4, 0.5) is 5.69 Å². The molecule has 1 aliphatic carbocycles. The van der Waals surface area contributed by atoms with Crippen LogP contribution in [0.25, 0.3) is 37.1 Å². The van der Waals surface area contributed by atoms with E-state index in [1.54, 1.807) is 0 Å². The molecule has 0 saturated carbocycles. The lowest BCUT2D eigenvalue weighted by Gasteiger charge is -2.17. The van der Waals surface area contributed by atoms with Crippen LogP contribution in [-0.4, -0.2) is 5.71 Å². The van der Waals surface area contributed by atoms with Gasteiger partial charge < -0.3 is 0 Å². The number of hydrogen-bond donors (Lipinski definition) is 0. The molecule has 0 fully saturated rings. The van der Waals surface area contributed by atoms with E-state index in [0.717, 1.165) is 65.3 Å². The molecule has 0 radical (unpaired) electrons. The summed E-state index contributed by atoms with van der Waals surface area (Å²) in [6.07, 6.45) is 3.81. The van der Waals surface area contributed by atoms with Gasteiger partial charge in [0.15, 0.2) is 0 Å². The second-order valence-corrected chi connectivity index (χ2v) is 6.42. The van der Waals surface area contributed by atoms with Crippen LogP contribution in [0.1, 0.15) is 5.56 Å². The van der Waals surface area contributed by atoms with Gasteiger partial charge in [-0.3, -0.25) is 0 Å². The topological polar surface area (TPSA) is 12.4 Å². The third-order valence-corrected chi connectivity index (χ3v) is 4.77. The number of allylic oxidation sites excluding steroid dienone is 5. The van der Waals surface area contributed by atoms with Gasteiger partial charge in [-0.15, -0.1) is 0 Å². The molecule has 2 aromatic carbocycles. The van der Waals surface area contributed by atoms with Gasteiger partial charge in [-0.25, -0.2) is 4.99 Å². The zero-order chi connectivity index (χ0) is 18.5. The highest BCUT2D eigenvalue weighted by Crippen LogP contribution is 2.24. The molecule has 0 atom stereocenters. The van der Waals surface area contributed by atoms with Crippen molar-refractivity contribution in [2.45, 2.75) is 6.92 Å². The van der Waals surface area contributed by atoms with Crippen molar-refractivity contribution < 1.29 is 0 Å². The van der Waals surface area contributed by atoms with Crippen molar-refractivity contribution in [1.29, 1.82) is 0 Å². The van der Waals surface area contributed by atoms with Crippen molar-refractivity contribution in [1.82, 2.24) is 0 Å². The number of benzene rings is 2. The molecule has 1 aliphatic rings. The Morgan fingerprint density at radius 1 is 0.720 bits per heavy atom. The van der Waals surface area contributed by atoms with Crippen LogP contribution in [-0.2, 0) is 0 Å². The van der Waals surface area contributed by atoms with E-state index in [2.05, 4.69) is 46.1 Å². The summed E-state index contributed by atoms with van der Waals surface area (Å²) in [7, 11) is 0. The maximum Gasteiger partial charge on any atom is 0.0775 e. The summed E-state index contributed by atoms with van der Waals surface area (Å²) in [6.45, 7) is 30.8. The van der Waals surface area contributed by atoms with Crippen LogP contribution < -0.4 is 20.9 Å². The lowest BCUT2D eigenvalue weighted by Crippen LogP contribution is -2.26. The molecule has 0 aliphatic heterocycles. The van der Waals surface area contributed by atoms with Crippen LogP contribution in [0.15, 0.2) is 65.7 Å². The Morgan fingerprint density at radius 3 is 1.84 bits per heavy atom. The summed E-state index contributed by atoms with van der Waals surface area (Å²) in [4.78, 5) is 4.86. The summed E-state index contributed by atoms with van der Waals surface area (Å²) < 4.78 is 0. The van der Waals surface area contributed by atoms with E-state index in [0.29, 0.717) is 0 Å². The Kier molecular flexibility index (Phi) is 3.81. The summed E-state index contributed by atoms with van der Waals surface area (Å²) in [5.41, 5.74) is 4.96. The molecule has 0 heterocycles. The van der Waals surface area contributed by atoms with Crippen molar-refractivity contribution in [2.75, 3.05) is 0 Å². The Labute approximate surface area is 148 Å². The number of rotatable bonds is 1. The minimum atomic E-state index is 0.739. The normalized spacial score (nSPS) is 16.2. The molecule has 1 heteroatoms. The first-order valence-corrected chi connectivity index (χ1v) is 7.99. The molecular formula is C24H21N. The summed E-state index contributed by atoms with van der Waals surface area (Å²) in [6, 6.07) is 4.02. The van der Waals surface area contributed by atoms with Gasteiger partial charge in [-0.2, -0.15) is 0 Å². The zero-order valence-electron chi connectivity index (χ0n) is 14.7. The molecule has 0 amide bonds. The van der Waals surface area contributed by atoms with Crippen molar-refractivity contribution in [3.8, 4) is 0 Å². The van der Waals surface area contributed by atoms with E-state index in [9.17, 15) is 0 Å². The molecule has 1 nitrogen and oxygen atoms in total. The number of aliphatic imine (C=N–C) groups is 1. The summed E-state index contributed by atoms with van der Waals surface area (Å²) in [5.74, 6) is 0. The lowest BCUT2D eigenvalue weighted by atomic mass is 9.92. The largest absolute Gasteiger partial charge is 0.247 e. The predicted octanol–water partition coefficient (Wildman–Crippen LogP) is 3.10. The third-order valence-electron chi connectivity index (χ3n) is 4.77. The smallest absolute Gasteiger partial charge is 0.0775 e. The van der Waals surface area contributed by atoms with E-state index in [4.69, 9.17) is 4.99 Å². The van der Waals surface area contributed by atoms with Gasteiger partial charge in [0.25, 0.3) is 0 Å². The van der Waals surface area contributed by atoms with E-state index >= 15 is 0 Å². The second-order valence-electron chi connectivity index (χ2n) is 6.42. The van der Waals surface area contributed by atoms with Crippen molar-refractivity contribution >= 4 is 48.5 Å². The van der Waals surface area contributed by atoms with E-state index in [1.807, 2.05) is 31.2 Å². The molecule has 0 aromatic heterocycles. The number of hydrogen-bond acceptors (Lipinski definition) is 1. The Balaban J connectivity index is 2.43. The second kappa shape index (κ2) is 5.71. The highest BCUT2D eigenvalue weighted by Gasteiger charge is 2.15. The third kappa shape index (κ3) is 2.54. The van der Waals surface area contributed by atoms with Gasteiger partial charge in [0.1, 0.15) is 0 Å². The van der Waals surface area contributed by atoms with Gasteiger partial charge in [0.2, 0.25) is 0 Å². The van der Waals surface area contributed by atoms with Crippen molar-refractivity contribution in [2.24, 2.45) is 4.99 Å². The van der Waals surface area contributed by atoms with E-state index in [1.165, 1.54) is 0 Å². The first-order chi connectivity index (χ1) is 11.7. The summed E-state index contributed by atoms with van der Waals surface area (Å²) >= 11 is 0. The molecular weight excluding hydrogens is 302 g/mol. The van der Waals surface area contributed by atoms with Crippen molar-refractivity contribution in [3.63, 3.8) is 0 Å². The van der Waals surface area contributed by atoms with Crippen LogP contribution >= 0.6 is 0 Å². The molecule has 3 rings (SSSR count). The lowest BCUT2D eigenvalue weighted by molar-refractivity contribution is 1.35. The maximum absolute atomic E-state index is 4.86.